The smallest absolute Gasteiger partial charge is 0.170 e. The summed E-state index contributed by atoms with van der Waals surface area (Å²) in [5.41, 5.74) is 4.08. The zero-order valence-electron chi connectivity index (χ0n) is 11.5. The zero-order valence-corrected chi connectivity index (χ0v) is 11.5. The fourth-order valence-corrected chi connectivity index (χ4v) is 2.36. The number of hydrogen-bond acceptors (Lipinski definition) is 5. The highest BCUT2D eigenvalue weighted by Gasteiger charge is 2.10. The van der Waals surface area contributed by atoms with Crippen molar-refractivity contribution in [1.82, 2.24) is 10.2 Å². The molecule has 1 aromatic heterocycles. The average molecular weight is 293 g/mol. The maximum absolute atomic E-state index is 13.4. The van der Waals surface area contributed by atoms with Crippen LogP contribution in [0.4, 0.5) is 10.2 Å². The second-order valence-corrected chi connectivity index (χ2v) is 4.79. The normalized spacial score (nSPS) is 10.4. The molecule has 108 valence electrons. The Morgan fingerprint density at radius 1 is 1.14 bits per heavy atom. The van der Waals surface area contributed by atoms with E-state index in [4.69, 9.17) is 11.1 Å². The van der Waals surface area contributed by atoms with E-state index < -0.39 is 5.82 Å². The first-order chi connectivity index (χ1) is 10.7. The van der Waals surface area contributed by atoms with E-state index in [2.05, 4.69) is 15.6 Å². The quantitative estimate of drug-likeness (QED) is 0.572. The summed E-state index contributed by atoms with van der Waals surface area (Å²) in [6.07, 6.45) is 0.452. The molecule has 0 aliphatic rings. The van der Waals surface area contributed by atoms with Gasteiger partial charge in [0.2, 0.25) is 0 Å². The van der Waals surface area contributed by atoms with Crippen LogP contribution in [0.3, 0.4) is 0 Å². The van der Waals surface area contributed by atoms with E-state index >= 15 is 0 Å². The molecule has 0 saturated carbocycles. The maximum Gasteiger partial charge on any atom is 0.170 e. The van der Waals surface area contributed by atoms with Crippen LogP contribution in [-0.2, 0) is 6.42 Å². The fraction of sp³-hybridized carbons (Fsp3) is 0.0625. The van der Waals surface area contributed by atoms with Crippen LogP contribution in [0.15, 0.2) is 42.5 Å². The molecule has 0 aliphatic carbocycles. The van der Waals surface area contributed by atoms with Gasteiger partial charge in [-0.2, -0.15) is 10.4 Å². The number of nitrogen functional groups attached to an aromatic ring is 1. The summed E-state index contributed by atoms with van der Waals surface area (Å²) in [5, 5.41) is 18.9. The minimum absolute atomic E-state index is 0.0232. The molecule has 0 spiro atoms. The third-order valence-electron chi connectivity index (χ3n) is 3.42. The van der Waals surface area contributed by atoms with Crippen molar-refractivity contribution < 1.29 is 4.39 Å². The first-order valence-corrected chi connectivity index (χ1v) is 6.62. The second kappa shape index (κ2) is 5.76. The van der Waals surface area contributed by atoms with Crippen molar-refractivity contribution in [3.8, 4) is 6.07 Å². The summed E-state index contributed by atoms with van der Waals surface area (Å²) in [5.74, 6) is 5.42. The fourth-order valence-electron chi connectivity index (χ4n) is 2.36. The minimum Gasteiger partial charge on any atom is -0.306 e. The number of nitriles is 1. The summed E-state index contributed by atoms with van der Waals surface area (Å²) in [6, 6.07) is 13.9. The predicted octanol–water partition coefficient (Wildman–Crippen LogP) is 2.52. The van der Waals surface area contributed by atoms with Gasteiger partial charge in [0.15, 0.2) is 5.82 Å². The van der Waals surface area contributed by atoms with E-state index in [1.807, 2.05) is 30.3 Å². The summed E-state index contributed by atoms with van der Waals surface area (Å²) in [6.45, 7) is 0. The highest BCUT2D eigenvalue weighted by atomic mass is 19.1. The molecule has 0 saturated heterocycles. The molecular formula is C16H12FN5. The number of benzene rings is 2. The summed E-state index contributed by atoms with van der Waals surface area (Å²) in [4.78, 5) is 0. The third kappa shape index (κ3) is 2.45. The van der Waals surface area contributed by atoms with E-state index in [9.17, 15) is 4.39 Å². The lowest BCUT2D eigenvalue weighted by atomic mass is 10.0. The van der Waals surface area contributed by atoms with Crippen LogP contribution in [0.5, 0.6) is 0 Å². The van der Waals surface area contributed by atoms with Crippen LogP contribution in [0.25, 0.3) is 10.8 Å². The van der Waals surface area contributed by atoms with Crippen molar-refractivity contribution >= 4 is 16.6 Å². The summed E-state index contributed by atoms with van der Waals surface area (Å²) < 4.78 is 13.4. The van der Waals surface area contributed by atoms with Gasteiger partial charge in [0.25, 0.3) is 0 Å². The van der Waals surface area contributed by atoms with Crippen molar-refractivity contribution in [3.63, 3.8) is 0 Å². The molecule has 3 N–H and O–H groups in total. The van der Waals surface area contributed by atoms with Crippen LogP contribution in [-0.4, -0.2) is 10.2 Å². The Kier molecular flexibility index (Phi) is 3.64. The van der Waals surface area contributed by atoms with Gasteiger partial charge in [-0.25, -0.2) is 10.2 Å². The Bertz CT molecular complexity index is 885. The largest absolute Gasteiger partial charge is 0.306 e. The molecule has 22 heavy (non-hydrogen) atoms. The van der Waals surface area contributed by atoms with Gasteiger partial charge in [0.1, 0.15) is 11.9 Å². The van der Waals surface area contributed by atoms with Crippen LogP contribution < -0.4 is 11.3 Å². The predicted molar refractivity (Wildman–Crippen MR) is 81.3 cm³/mol. The highest BCUT2D eigenvalue weighted by Crippen LogP contribution is 2.24. The molecular weight excluding hydrogens is 281 g/mol. The Morgan fingerprint density at radius 2 is 1.91 bits per heavy atom. The molecule has 0 aliphatic heterocycles. The Labute approximate surface area is 126 Å². The summed E-state index contributed by atoms with van der Waals surface area (Å²) in [7, 11) is 0. The SMILES string of the molecule is N#Cc1cc(Cc2nnc(NN)c3ccccc23)ccc1F. The minimum atomic E-state index is -0.523. The van der Waals surface area contributed by atoms with Gasteiger partial charge in [-0.15, -0.1) is 5.10 Å². The number of nitrogens with zero attached hydrogens (tertiary/aromatic N) is 3. The Hall–Kier alpha value is -3.04. The molecule has 0 amide bonds. The van der Waals surface area contributed by atoms with Crippen LogP contribution in [0, 0.1) is 17.1 Å². The number of halogens is 1. The highest BCUT2D eigenvalue weighted by molar-refractivity contribution is 5.93. The number of hydrazine groups is 1. The molecule has 0 radical (unpaired) electrons. The molecule has 1 heterocycles. The number of nitrogens with two attached hydrogens (primary N) is 1. The van der Waals surface area contributed by atoms with Crippen molar-refractivity contribution in [3.05, 3.63) is 65.1 Å². The molecule has 0 unspecified atom stereocenters. The first kappa shape index (κ1) is 13.9. The molecule has 0 bridgehead atoms. The average Bonchev–Trinajstić information content (AvgIpc) is 2.57. The Balaban J connectivity index is 2.07. The van der Waals surface area contributed by atoms with Crippen LogP contribution in [0.2, 0.25) is 0 Å². The van der Waals surface area contributed by atoms with E-state index in [0.29, 0.717) is 12.2 Å². The number of fused-ring (bicyclic) bond motifs is 1. The number of anilines is 1. The van der Waals surface area contributed by atoms with Gasteiger partial charge < -0.3 is 5.43 Å². The third-order valence-corrected chi connectivity index (χ3v) is 3.42. The zero-order chi connectivity index (χ0) is 15.5. The summed E-state index contributed by atoms with van der Waals surface area (Å²) >= 11 is 0. The molecule has 3 rings (SSSR count). The van der Waals surface area contributed by atoms with Crippen molar-refractivity contribution in [2.24, 2.45) is 5.84 Å². The number of aromatic nitrogens is 2. The monoisotopic (exact) mass is 293 g/mol. The van der Waals surface area contributed by atoms with Gasteiger partial charge >= 0.3 is 0 Å². The lowest BCUT2D eigenvalue weighted by Gasteiger charge is -2.09. The van der Waals surface area contributed by atoms with Gasteiger partial charge in [0, 0.05) is 17.2 Å². The molecule has 5 nitrogen and oxygen atoms in total. The van der Waals surface area contributed by atoms with Crippen molar-refractivity contribution in [2.75, 3.05) is 5.43 Å². The molecule has 3 aromatic rings. The first-order valence-electron chi connectivity index (χ1n) is 6.62. The molecule has 0 fully saturated rings. The van der Waals surface area contributed by atoms with Gasteiger partial charge in [0.05, 0.1) is 11.3 Å². The Morgan fingerprint density at radius 3 is 2.64 bits per heavy atom. The lowest BCUT2D eigenvalue weighted by Crippen LogP contribution is -2.11. The maximum atomic E-state index is 13.4. The van der Waals surface area contributed by atoms with E-state index in [1.54, 1.807) is 6.07 Å². The number of rotatable bonds is 3. The van der Waals surface area contributed by atoms with Gasteiger partial charge in [-0.1, -0.05) is 30.3 Å². The lowest BCUT2D eigenvalue weighted by molar-refractivity contribution is 0.623. The standard InChI is InChI=1S/C16H12FN5/c17-14-6-5-10(7-11(14)9-18)8-15-12-3-1-2-4-13(12)16(20-19)22-21-15/h1-7H,8,19H2,(H,20,22). The van der Waals surface area contributed by atoms with E-state index in [1.165, 1.54) is 12.1 Å². The molecule has 0 atom stereocenters. The van der Waals surface area contributed by atoms with Crippen LogP contribution in [0.1, 0.15) is 16.8 Å². The van der Waals surface area contributed by atoms with Crippen molar-refractivity contribution in [2.45, 2.75) is 6.42 Å². The number of nitrogens with one attached hydrogen (secondary N) is 1. The topological polar surface area (TPSA) is 87.6 Å². The van der Waals surface area contributed by atoms with Gasteiger partial charge in [-0.05, 0) is 17.7 Å². The molecule has 2 aromatic carbocycles. The van der Waals surface area contributed by atoms with Crippen LogP contribution >= 0.6 is 0 Å². The number of hydrogen-bond donors (Lipinski definition) is 2. The second-order valence-electron chi connectivity index (χ2n) is 4.79. The van der Waals surface area contributed by atoms with Gasteiger partial charge in [-0.3, -0.25) is 0 Å². The van der Waals surface area contributed by atoms with E-state index in [0.717, 1.165) is 22.0 Å². The van der Waals surface area contributed by atoms with Crippen molar-refractivity contribution in [1.29, 1.82) is 5.26 Å². The van der Waals surface area contributed by atoms with E-state index in [-0.39, 0.29) is 5.56 Å². The molecule has 6 heteroatoms.